The second-order valence-electron chi connectivity index (χ2n) is 7.84. The van der Waals surface area contributed by atoms with Gasteiger partial charge in [0, 0.05) is 0 Å². The number of nitrogens with two attached hydrogens (primary N) is 1. The average Bonchev–Trinajstić information content (AvgIpc) is 2.14. The smallest absolute Gasteiger partial charge is 0.00460 e. The lowest BCUT2D eigenvalue weighted by atomic mass is 9.59. The van der Waals surface area contributed by atoms with Crippen LogP contribution in [0.3, 0.4) is 0 Å². The van der Waals surface area contributed by atoms with Crippen molar-refractivity contribution >= 4 is 0 Å². The molecule has 0 aromatic carbocycles. The molecule has 0 heterocycles. The van der Waals surface area contributed by atoms with E-state index in [1.54, 1.807) is 0 Å². The fourth-order valence-corrected chi connectivity index (χ4v) is 3.36. The van der Waals surface area contributed by atoms with Gasteiger partial charge in [-0.15, -0.1) is 0 Å². The molecule has 0 saturated heterocycles. The molecule has 1 nitrogen and oxygen atoms in total. The van der Waals surface area contributed by atoms with Crippen LogP contribution in [0.25, 0.3) is 0 Å². The molecule has 16 heavy (non-hydrogen) atoms. The third-order valence-corrected chi connectivity index (χ3v) is 4.63. The van der Waals surface area contributed by atoms with Crippen LogP contribution in [0.4, 0.5) is 0 Å². The van der Waals surface area contributed by atoms with Crippen molar-refractivity contribution in [2.24, 2.45) is 34.3 Å². The highest BCUT2D eigenvalue weighted by atomic mass is 14.6. The van der Waals surface area contributed by atoms with Gasteiger partial charge in [0.1, 0.15) is 0 Å². The lowest BCUT2D eigenvalue weighted by Crippen LogP contribution is -2.40. The van der Waals surface area contributed by atoms with Crippen LogP contribution in [0.15, 0.2) is 0 Å². The molecular formula is C15H31N. The van der Waals surface area contributed by atoms with Gasteiger partial charge in [-0.3, -0.25) is 0 Å². The van der Waals surface area contributed by atoms with Crippen molar-refractivity contribution in [1.82, 2.24) is 0 Å². The van der Waals surface area contributed by atoms with Gasteiger partial charge in [0.2, 0.25) is 0 Å². The molecule has 0 spiro atoms. The summed E-state index contributed by atoms with van der Waals surface area (Å²) in [7, 11) is 0. The first-order valence-corrected chi connectivity index (χ1v) is 6.86. The third-order valence-electron chi connectivity index (χ3n) is 4.63. The summed E-state index contributed by atoms with van der Waals surface area (Å²) in [5.41, 5.74) is 6.82. The van der Waals surface area contributed by atoms with Gasteiger partial charge >= 0.3 is 0 Å². The van der Waals surface area contributed by atoms with E-state index in [1.807, 2.05) is 0 Å². The zero-order valence-corrected chi connectivity index (χ0v) is 12.1. The van der Waals surface area contributed by atoms with Crippen LogP contribution in [0.2, 0.25) is 0 Å². The van der Waals surface area contributed by atoms with E-state index < -0.39 is 0 Å². The molecule has 0 aliphatic heterocycles. The largest absolute Gasteiger partial charge is 0.330 e. The lowest BCUT2D eigenvalue weighted by Gasteiger charge is -2.46. The number of hydrogen-bond donors (Lipinski definition) is 1. The average molecular weight is 225 g/mol. The number of hydrogen-bond acceptors (Lipinski definition) is 1. The van der Waals surface area contributed by atoms with Crippen molar-refractivity contribution in [3.63, 3.8) is 0 Å². The molecule has 1 heteroatoms. The normalized spacial score (nSPS) is 32.8. The van der Waals surface area contributed by atoms with E-state index in [0.29, 0.717) is 10.8 Å². The Hall–Kier alpha value is -0.0400. The van der Waals surface area contributed by atoms with Crippen molar-refractivity contribution in [2.45, 2.75) is 60.8 Å². The van der Waals surface area contributed by atoms with Gasteiger partial charge in [-0.2, -0.15) is 0 Å². The summed E-state index contributed by atoms with van der Waals surface area (Å²) in [4.78, 5) is 0. The standard InChI is InChI=1S/C15H31N/c1-14(2,3)12-8-7-11(10-16)13(9-12)15(4,5)6/h11-13H,7-10,16H2,1-6H3. The van der Waals surface area contributed by atoms with Crippen molar-refractivity contribution in [3.8, 4) is 0 Å². The molecule has 1 aliphatic carbocycles. The van der Waals surface area contributed by atoms with E-state index in [-0.39, 0.29) is 0 Å². The first-order valence-electron chi connectivity index (χ1n) is 6.86. The minimum Gasteiger partial charge on any atom is -0.330 e. The molecule has 3 atom stereocenters. The Labute approximate surface area is 102 Å². The quantitative estimate of drug-likeness (QED) is 0.715. The van der Waals surface area contributed by atoms with Crippen LogP contribution in [-0.2, 0) is 0 Å². The highest BCUT2D eigenvalue weighted by molar-refractivity contribution is 4.90. The molecule has 96 valence electrons. The Morgan fingerprint density at radius 3 is 1.88 bits per heavy atom. The molecule has 2 N–H and O–H groups in total. The van der Waals surface area contributed by atoms with Gasteiger partial charge in [-0.05, 0) is 54.4 Å². The minimum absolute atomic E-state index is 0.411. The van der Waals surface area contributed by atoms with Gasteiger partial charge in [0.25, 0.3) is 0 Å². The van der Waals surface area contributed by atoms with Crippen LogP contribution in [0.5, 0.6) is 0 Å². The van der Waals surface area contributed by atoms with Gasteiger partial charge in [0.05, 0.1) is 0 Å². The Morgan fingerprint density at radius 2 is 1.50 bits per heavy atom. The minimum atomic E-state index is 0.411. The second-order valence-corrected chi connectivity index (χ2v) is 7.84. The van der Waals surface area contributed by atoms with Crippen molar-refractivity contribution < 1.29 is 0 Å². The maximum Gasteiger partial charge on any atom is -0.00460 e. The van der Waals surface area contributed by atoms with Crippen LogP contribution in [0.1, 0.15) is 60.8 Å². The topological polar surface area (TPSA) is 26.0 Å². The molecule has 1 aliphatic rings. The summed E-state index contributed by atoms with van der Waals surface area (Å²) in [5, 5.41) is 0. The Bertz CT molecular complexity index is 219. The van der Waals surface area contributed by atoms with E-state index in [0.717, 1.165) is 24.3 Å². The Kier molecular flexibility index (Phi) is 4.10. The fraction of sp³-hybridized carbons (Fsp3) is 1.00. The highest BCUT2D eigenvalue weighted by Gasteiger charge is 2.40. The molecule has 0 aromatic rings. The summed E-state index contributed by atoms with van der Waals surface area (Å²) in [6.45, 7) is 15.2. The van der Waals surface area contributed by atoms with Gasteiger partial charge < -0.3 is 5.73 Å². The molecule has 0 amide bonds. The third kappa shape index (κ3) is 3.23. The second kappa shape index (κ2) is 4.68. The van der Waals surface area contributed by atoms with Crippen molar-refractivity contribution in [1.29, 1.82) is 0 Å². The summed E-state index contributed by atoms with van der Waals surface area (Å²) in [6.07, 6.45) is 4.08. The van der Waals surface area contributed by atoms with E-state index in [1.165, 1.54) is 19.3 Å². The summed E-state index contributed by atoms with van der Waals surface area (Å²) < 4.78 is 0. The summed E-state index contributed by atoms with van der Waals surface area (Å²) in [6, 6.07) is 0. The van der Waals surface area contributed by atoms with E-state index in [9.17, 15) is 0 Å². The van der Waals surface area contributed by atoms with Crippen LogP contribution < -0.4 is 5.73 Å². The van der Waals surface area contributed by atoms with Crippen LogP contribution in [0, 0.1) is 28.6 Å². The molecule has 0 bridgehead atoms. The van der Waals surface area contributed by atoms with Crippen molar-refractivity contribution in [2.75, 3.05) is 6.54 Å². The zero-order valence-electron chi connectivity index (χ0n) is 12.1. The number of rotatable bonds is 1. The molecule has 0 aromatic heterocycles. The molecular weight excluding hydrogens is 194 g/mol. The van der Waals surface area contributed by atoms with E-state index in [4.69, 9.17) is 5.73 Å². The molecule has 1 saturated carbocycles. The lowest BCUT2D eigenvalue weighted by molar-refractivity contribution is 0.0387. The highest BCUT2D eigenvalue weighted by Crippen LogP contribution is 2.48. The predicted molar refractivity (Wildman–Crippen MR) is 72.3 cm³/mol. The molecule has 1 fully saturated rings. The Morgan fingerprint density at radius 1 is 0.938 bits per heavy atom. The Balaban J connectivity index is 2.78. The maximum absolute atomic E-state index is 5.94. The van der Waals surface area contributed by atoms with E-state index in [2.05, 4.69) is 41.5 Å². The predicted octanol–water partition coefficient (Wildman–Crippen LogP) is 4.07. The summed E-state index contributed by atoms with van der Waals surface area (Å²) >= 11 is 0. The first kappa shape index (κ1) is 14.0. The molecule has 3 unspecified atom stereocenters. The molecule has 0 radical (unpaired) electrons. The van der Waals surface area contributed by atoms with E-state index >= 15 is 0 Å². The monoisotopic (exact) mass is 225 g/mol. The summed E-state index contributed by atoms with van der Waals surface area (Å²) in [5.74, 6) is 2.42. The maximum atomic E-state index is 5.94. The van der Waals surface area contributed by atoms with Gasteiger partial charge in [-0.25, -0.2) is 0 Å². The molecule has 1 rings (SSSR count). The zero-order chi connectivity index (χ0) is 12.6. The van der Waals surface area contributed by atoms with Crippen LogP contribution >= 0.6 is 0 Å². The van der Waals surface area contributed by atoms with Gasteiger partial charge in [0.15, 0.2) is 0 Å². The first-order chi connectivity index (χ1) is 7.16. The van der Waals surface area contributed by atoms with Gasteiger partial charge in [-0.1, -0.05) is 41.5 Å². The van der Waals surface area contributed by atoms with Crippen molar-refractivity contribution in [3.05, 3.63) is 0 Å². The fourth-order valence-electron chi connectivity index (χ4n) is 3.36. The van der Waals surface area contributed by atoms with Crippen LogP contribution in [-0.4, -0.2) is 6.54 Å². The SMILES string of the molecule is CC(C)(C)C1CCC(CN)C(C(C)(C)C)C1.